The minimum Gasteiger partial charge on any atom is -0.449 e. The predicted octanol–water partition coefficient (Wildman–Crippen LogP) is 12.6. The molecule has 0 unspecified atom stereocenters. The van der Waals surface area contributed by atoms with E-state index in [-0.39, 0.29) is 0 Å². The maximum Gasteiger partial charge on any atom is 0.181 e. The molecular weight excluding hydrogens is 647 g/mol. The second kappa shape index (κ2) is 10.9. The van der Waals surface area contributed by atoms with Gasteiger partial charge in [0.05, 0.1) is 5.56 Å². The van der Waals surface area contributed by atoms with Gasteiger partial charge in [0.25, 0.3) is 0 Å². The Balaban J connectivity index is 1.15. The Labute approximate surface area is 296 Å². The van der Waals surface area contributed by atoms with Crippen LogP contribution in [0.4, 0.5) is 0 Å². The lowest BCUT2D eigenvalue weighted by Gasteiger charge is -2.22. The zero-order valence-corrected chi connectivity index (χ0v) is 27.8. The molecule has 0 saturated carbocycles. The Hall–Kier alpha value is -6.63. The number of benzene rings is 8. The highest BCUT2D eigenvalue weighted by molar-refractivity contribution is 7.25. The van der Waals surface area contributed by atoms with E-state index in [1.807, 2.05) is 42.5 Å². The van der Waals surface area contributed by atoms with Gasteiger partial charge in [0.15, 0.2) is 40.5 Å². The van der Waals surface area contributed by atoms with Crippen molar-refractivity contribution >= 4 is 63.8 Å². The Morgan fingerprint density at radius 3 is 1.59 bits per heavy atom. The van der Waals surface area contributed by atoms with Crippen LogP contribution in [0.2, 0.25) is 0 Å². The topological polar surface area (TPSA) is 57.1 Å². The lowest BCUT2D eigenvalue weighted by molar-refractivity contribution is 0.360. The van der Waals surface area contributed by atoms with Crippen LogP contribution in [-0.4, -0.2) is 15.0 Å². The predicted molar refractivity (Wildman–Crippen MR) is 208 cm³/mol. The molecule has 0 N–H and O–H groups in total. The smallest absolute Gasteiger partial charge is 0.181 e. The second-order valence-electron chi connectivity index (χ2n) is 12.8. The van der Waals surface area contributed by atoms with Crippen molar-refractivity contribution in [3.8, 4) is 57.2 Å². The lowest BCUT2D eigenvalue weighted by Crippen LogP contribution is -2.04. The number of nitrogens with zero attached hydrogens (tertiary/aromatic N) is 3. The van der Waals surface area contributed by atoms with Gasteiger partial charge in [-0.15, -0.1) is 11.3 Å². The van der Waals surface area contributed by atoms with Gasteiger partial charge in [0, 0.05) is 31.3 Å². The molecule has 3 heterocycles. The van der Waals surface area contributed by atoms with Crippen LogP contribution in [0.3, 0.4) is 0 Å². The van der Waals surface area contributed by atoms with E-state index in [4.69, 9.17) is 24.4 Å². The average molecular weight is 672 g/mol. The minimum absolute atomic E-state index is 0.508. The molecule has 0 bridgehead atoms. The molecule has 2 aromatic heterocycles. The fraction of sp³-hybridized carbons (Fsp3) is 0. The highest BCUT2D eigenvalue weighted by Crippen LogP contribution is 2.49. The van der Waals surface area contributed by atoms with E-state index in [1.165, 1.54) is 47.1 Å². The summed E-state index contributed by atoms with van der Waals surface area (Å²) in [7, 11) is 0. The Morgan fingerprint density at radius 2 is 0.863 bits per heavy atom. The number of rotatable bonds is 3. The fourth-order valence-electron chi connectivity index (χ4n) is 7.39. The van der Waals surface area contributed by atoms with Crippen molar-refractivity contribution in [1.29, 1.82) is 0 Å². The van der Waals surface area contributed by atoms with Crippen molar-refractivity contribution in [2.45, 2.75) is 0 Å². The number of aromatic nitrogens is 3. The summed E-state index contributed by atoms with van der Waals surface area (Å²) in [4.78, 5) is 15.5. The molecule has 5 nitrogen and oxygen atoms in total. The molecule has 6 heteroatoms. The van der Waals surface area contributed by atoms with E-state index < -0.39 is 0 Å². The normalized spacial score (nSPS) is 12.2. The molecule has 8 aromatic carbocycles. The van der Waals surface area contributed by atoms with Crippen LogP contribution < -0.4 is 9.47 Å². The monoisotopic (exact) mass is 671 g/mol. The van der Waals surface area contributed by atoms with Crippen molar-refractivity contribution in [1.82, 2.24) is 15.0 Å². The van der Waals surface area contributed by atoms with E-state index in [0.29, 0.717) is 40.5 Å². The van der Waals surface area contributed by atoms with Crippen molar-refractivity contribution in [2.75, 3.05) is 0 Å². The maximum absolute atomic E-state index is 6.47. The molecule has 238 valence electrons. The molecule has 1 aliphatic heterocycles. The molecular formula is C45H25N3O2S. The average Bonchev–Trinajstić information content (AvgIpc) is 3.57. The molecule has 0 atom stereocenters. The van der Waals surface area contributed by atoms with Crippen LogP contribution in [0.25, 0.3) is 86.7 Å². The quantitative estimate of drug-likeness (QED) is 0.175. The Bertz CT molecular complexity index is 3020. The molecule has 0 radical (unpaired) electrons. The van der Waals surface area contributed by atoms with Crippen LogP contribution in [0.1, 0.15) is 0 Å². The summed E-state index contributed by atoms with van der Waals surface area (Å²) < 4.78 is 15.2. The highest BCUT2D eigenvalue weighted by atomic mass is 32.1. The SMILES string of the molecule is c1ccc2c(c1)Oc1cccc(-c3nc(-c4ccc5sc6ccccc6c5c4)nc(-c4ccc5c6ccccc6c6ccccc6c5c4)n3)c1O2. The lowest BCUT2D eigenvalue weighted by atomic mass is 9.93. The zero-order valence-electron chi connectivity index (χ0n) is 27.0. The highest BCUT2D eigenvalue weighted by Gasteiger charge is 2.25. The molecule has 0 aliphatic carbocycles. The summed E-state index contributed by atoms with van der Waals surface area (Å²) in [6.45, 7) is 0. The van der Waals surface area contributed by atoms with E-state index in [1.54, 1.807) is 11.3 Å². The van der Waals surface area contributed by atoms with Gasteiger partial charge >= 0.3 is 0 Å². The van der Waals surface area contributed by atoms with Gasteiger partial charge in [-0.2, -0.15) is 0 Å². The molecule has 0 fully saturated rings. The second-order valence-corrected chi connectivity index (χ2v) is 13.8. The number of thiophene rings is 1. The summed E-state index contributed by atoms with van der Waals surface area (Å²) in [5.74, 6) is 4.19. The minimum atomic E-state index is 0.508. The molecule has 51 heavy (non-hydrogen) atoms. The van der Waals surface area contributed by atoms with Crippen LogP contribution in [-0.2, 0) is 0 Å². The Kier molecular flexibility index (Phi) is 6.05. The van der Waals surface area contributed by atoms with Gasteiger partial charge < -0.3 is 9.47 Å². The standard InChI is InChI=1S/C45H25N3O2S/c1-2-12-30-28(10-1)29-11-3-4-13-31(29)35-24-26(20-22-32(30)35)43-46-44(27-21-23-41-36(25-27)33-14-5-8-19-40(33)51-41)48-45(47-43)34-15-9-18-39-42(34)50-38-17-7-6-16-37(38)49-39/h1-25H. The fourth-order valence-corrected chi connectivity index (χ4v) is 8.48. The van der Waals surface area contributed by atoms with Crippen LogP contribution in [0.15, 0.2) is 152 Å². The van der Waals surface area contributed by atoms with Crippen molar-refractivity contribution in [2.24, 2.45) is 0 Å². The number of hydrogen-bond donors (Lipinski definition) is 0. The molecule has 0 amide bonds. The first kappa shape index (κ1) is 28.2. The van der Waals surface area contributed by atoms with Crippen LogP contribution >= 0.6 is 11.3 Å². The Morgan fingerprint density at radius 1 is 0.353 bits per heavy atom. The van der Waals surface area contributed by atoms with Gasteiger partial charge in [-0.1, -0.05) is 97.1 Å². The first-order chi connectivity index (χ1) is 25.2. The van der Waals surface area contributed by atoms with E-state index in [2.05, 4.69) is 109 Å². The van der Waals surface area contributed by atoms with E-state index in [0.717, 1.165) is 22.1 Å². The maximum atomic E-state index is 6.47. The number of hydrogen-bond acceptors (Lipinski definition) is 6. The molecule has 1 aliphatic rings. The third-order valence-corrected chi connectivity index (χ3v) is 10.9. The van der Waals surface area contributed by atoms with Crippen LogP contribution in [0.5, 0.6) is 23.0 Å². The molecule has 0 saturated heterocycles. The van der Waals surface area contributed by atoms with Gasteiger partial charge in [-0.25, -0.2) is 15.0 Å². The van der Waals surface area contributed by atoms with Gasteiger partial charge in [0.2, 0.25) is 0 Å². The molecule has 11 rings (SSSR count). The number of ether oxygens (including phenoxy) is 2. The summed E-state index contributed by atoms with van der Waals surface area (Å²) >= 11 is 1.79. The van der Waals surface area contributed by atoms with Gasteiger partial charge in [-0.3, -0.25) is 0 Å². The first-order valence-electron chi connectivity index (χ1n) is 16.8. The largest absolute Gasteiger partial charge is 0.449 e. The van der Waals surface area contributed by atoms with Crippen molar-refractivity contribution < 1.29 is 9.47 Å². The van der Waals surface area contributed by atoms with E-state index in [9.17, 15) is 0 Å². The zero-order chi connectivity index (χ0) is 33.5. The van der Waals surface area contributed by atoms with Gasteiger partial charge in [-0.05, 0) is 86.9 Å². The third kappa shape index (κ3) is 4.43. The van der Waals surface area contributed by atoms with Crippen molar-refractivity contribution in [3.05, 3.63) is 152 Å². The van der Waals surface area contributed by atoms with Crippen molar-refractivity contribution in [3.63, 3.8) is 0 Å². The first-order valence-corrected chi connectivity index (χ1v) is 17.7. The summed E-state index contributed by atoms with van der Waals surface area (Å²) in [6.07, 6.45) is 0. The summed E-state index contributed by atoms with van der Waals surface area (Å²) in [5, 5.41) is 9.64. The third-order valence-electron chi connectivity index (χ3n) is 9.77. The van der Waals surface area contributed by atoms with Gasteiger partial charge in [0.1, 0.15) is 0 Å². The summed E-state index contributed by atoms with van der Waals surface area (Å²) in [6, 6.07) is 52.3. The number of para-hydroxylation sites is 3. The van der Waals surface area contributed by atoms with Crippen LogP contribution in [0, 0.1) is 0 Å². The molecule has 0 spiro atoms. The number of fused-ring (bicyclic) bond motifs is 11. The molecule has 10 aromatic rings. The summed E-state index contributed by atoms with van der Waals surface area (Å²) in [5.41, 5.74) is 2.55. The van der Waals surface area contributed by atoms with E-state index >= 15 is 0 Å².